The van der Waals surface area contributed by atoms with Gasteiger partial charge in [0.15, 0.2) is 0 Å². The van der Waals surface area contributed by atoms with E-state index >= 15 is 0 Å². The second-order valence-electron chi connectivity index (χ2n) is 3.40. The van der Waals surface area contributed by atoms with Crippen molar-refractivity contribution in [3.8, 4) is 16.9 Å². The maximum Gasteiger partial charge on any atom is 0.138 e. The van der Waals surface area contributed by atoms with Crippen LogP contribution in [0.5, 0.6) is 5.75 Å². The van der Waals surface area contributed by atoms with Crippen molar-refractivity contribution >= 4 is 5.69 Å². The van der Waals surface area contributed by atoms with Gasteiger partial charge in [0.1, 0.15) is 17.4 Å². The summed E-state index contributed by atoms with van der Waals surface area (Å²) in [6, 6.07) is 7.39. The lowest BCUT2D eigenvalue weighted by atomic mass is 10.0. The van der Waals surface area contributed by atoms with Gasteiger partial charge in [0.25, 0.3) is 0 Å². The molecular formula is C12H9F2NO. The molecule has 4 heteroatoms. The zero-order chi connectivity index (χ0) is 11.7. The highest BCUT2D eigenvalue weighted by Crippen LogP contribution is 2.29. The lowest BCUT2D eigenvalue weighted by molar-refractivity contribution is 0.478. The Kier molecular flexibility index (Phi) is 2.48. The number of aromatic hydroxyl groups is 1. The molecule has 0 unspecified atom stereocenters. The van der Waals surface area contributed by atoms with E-state index in [0.29, 0.717) is 5.56 Å². The first kappa shape index (κ1) is 10.4. The number of nitrogen functional groups attached to an aromatic ring is 1. The minimum atomic E-state index is -0.536. The monoisotopic (exact) mass is 221 g/mol. The highest BCUT2D eigenvalue weighted by Gasteiger charge is 2.08. The number of phenols is 1. The van der Waals surface area contributed by atoms with E-state index < -0.39 is 11.6 Å². The lowest BCUT2D eigenvalue weighted by Gasteiger charge is -2.05. The van der Waals surface area contributed by atoms with E-state index in [1.54, 1.807) is 0 Å². The van der Waals surface area contributed by atoms with Crippen molar-refractivity contribution in [2.45, 2.75) is 0 Å². The van der Waals surface area contributed by atoms with Crippen LogP contribution in [0.1, 0.15) is 0 Å². The summed E-state index contributed by atoms with van der Waals surface area (Å²) in [5.74, 6) is -1.14. The van der Waals surface area contributed by atoms with Gasteiger partial charge in [-0.05, 0) is 35.9 Å². The highest BCUT2D eigenvalue weighted by atomic mass is 19.1. The van der Waals surface area contributed by atoms with Crippen LogP contribution in [0, 0.1) is 11.6 Å². The van der Waals surface area contributed by atoms with E-state index in [0.717, 1.165) is 18.2 Å². The molecule has 0 heterocycles. The fourth-order valence-electron chi connectivity index (χ4n) is 1.44. The Bertz CT molecular complexity index is 541. The molecule has 82 valence electrons. The number of rotatable bonds is 1. The zero-order valence-corrected chi connectivity index (χ0v) is 8.24. The molecule has 2 rings (SSSR count). The van der Waals surface area contributed by atoms with Crippen LogP contribution >= 0.6 is 0 Å². The molecule has 0 fully saturated rings. The Morgan fingerprint density at radius 2 is 1.75 bits per heavy atom. The van der Waals surface area contributed by atoms with Crippen molar-refractivity contribution in [3.63, 3.8) is 0 Å². The quantitative estimate of drug-likeness (QED) is 0.574. The Morgan fingerprint density at radius 3 is 2.44 bits per heavy atom. The second-order valence-corrected chi connectivity index (χ2v) is 3.40. The van der Waals surface area contributed by atoms with Gasteiger partial charge in [-0.25, -0.2) is 8.78 Å². The van der Waals surface area contributed by atoms with Crippen LogP contribution in [-0.2, 0) is 0 Å². The van der Waals surface area contributed by atoms with Crippen LogP contribution < -0.4 is 5.73 Å². The normalized spacial score (nSPS) is 10.4. The molecule has 0 radical (unpaired) electrons. The molecule has 0 aliphatic rings. The second kappa shape index (κ2) is 3.81. The van der Waals surface area contributed by atoms with Crippen molar-refractivity contribution in [1.82, 2.24) is 0 Å². The third kappa shape index (κ3) is 1.82. The average molecular weight is 221 g/mol. The van der Waals surface area contributed by atoms with Gasteiger partial charge in [-0.3, -0.25) is 0 Å². The first-order valence-electron chi connectivity index (χ1n) is 4.62. The molecule has 0 aliphatic heterocycles. The van der Waals surface area contributed by atoms with E-state index in [4.69, 9.17) is 5.73 Å². The van der Waals surface area contributed by atoms with E-state index in [-0.39, 0.29) is 17.0 Å². The van der Waals surface area contributed by atoms with Crippen LogP contribution in [0.3, 0.4) is 0 Å². The van der Waals surface area contributed by atoms with Crippen molar-refractivity contribution in [2.75, 3.05) is 5.73 Å². The molecule has 0 amide bonds. The predicted octanol–water partition coefficient (Wildman–Crippen LogP) is 2.92. The third-order valence-corrected chi connectivity index (χ3v) is 2.27. The fraction of sp³-hybridized carbons (Fsp3) is 0. The number of halogens is 2. The Hall–Kier alpha value is -2.10. The van der Waals surface area contributed by atoms with Gasteiger partial charge in [-0.15, -0.1) is 0 Å². The van der Waals surface area contributed by atoms with Crippen LogP contribution in [0.2, 0.25) is 0 Å². The first-order chi connectivity index (χ1) is 7.58. The van der Waals surface area contributed by atoms with Gasteiger partial charge in [-0.1, -0.05) is 6.07 Å². The molecule has 0 saturated heterocycles. The zero-order valence-electron chi connectivity index (χ0n) is 8.24. The van der Waals surface area contributed by atoms with Crippen molar-refractivity contribution in [3.05, 3.63) is 48.0 Å². The Labute approximate surface area is 91.0 Å². The van der Waals surface area contributed by atoms with E-state index in [1.807, 2.05) is 0 Å². The van der Waals surface area contributed by atoms with Crippen LogP contribution in [-0.4, -0.2) is 5.11 Å². The summed E-state index contributed by atoms with van der Waals surface area (Å²) in [7, 11) is 0. The van der Waals surface area contributed by atoms with Crippen molar-refractivity contribution in [2.24, 2.45) is 0 Å². The fourth-order valence-corrected chi connectivity index (χ4v) is 1.44. The molecule has 2 aromatic rings. The van der Waals surface area contributed by atoms with Gasteiger partial charge in [0, 0.05) is 5.56 Å². The molecule has 2 nitrogen and oxygen atoms in total. The topological polar surface area (TPSA) is 46.2 Å². The van der Waals surface area contributed by atoms with E-state index in [2.05, 4.69) is 0 Å². The summed E-state index contributed by atoms with van der Waals surface area (Å²) in [6.45, 7) is 0. The molecule has 0 saturated carbocycles. The molecule has 16 heavy (non-hydrogen) atoms. The minimum Gasteiger partial charge on any atom is -0.506 e. The first-order valence-corrected chi connectivity index (χ1v) is 4.62. The lowest BCUT2D eigenvalue weighted by Crippen LogP contribution is -1.90. The highest BCUT2D eigenvalue weighted by molar-refractivity contribution is 5.70. The number of anilines is 1. The Balaban J connectivity index is 2.58. The summed E-state index contributed by atoms with van der Waals surface area (Å²) in [4.78, 5) is 0. The van der Waals surface area contributed by atoms with Gasteiger partial charge in [-0.2, -0.15) is 0 Å². The van der Waals surface area contributed by atoms with Gasteiger partial charge in [0.05, 0.1) is 5.69 Å². The largest absolute Gasteiger partial charge is 0.506 e. The summed E-state index contributed by atoms with van der Waals surface area (Å²) in [6.07, 6.45) is 0. The molecule has 0 aliphatic carbocycles. The summed E-state index contributed by atoms with van der Waals surface area (Å²) >= 11 is 0. The molecule has 0 atom stereocenters. The molecule has 0 bridgehead atoms. The van der Waals surface area contributed by atoms with Gasteiger partial charge >= 0.3 is 0 Å². The third-order valence-electron chi connectivity index (χ3n) is 2.27. The summed E-state index contributed by atoms with van der Waals surface area (Å²) in [5.41, 5.74) is 6.15. The van der Waals surface area contributed by atoms with Crippen molar-refractivity contribution in [1.29, 1.82) is 0 Å². The number of hydrogen-bond acceptors (Lipinski definition) is 2. The molecular weight excluding hydrogens is 212 g/mol. The maximum absolute atomic E-state index is 13.4. The number of nitrogens with two attached hydrogens (primary N) is 1. The number of phenolic OH excluding ortho intramolecular Hbond substituents is 1. The summed E-state index contributed by atoms with van der Waals surface area (Å²) in [5, 5.41) is 9.22. The average Bonchev–Trinajstić information content (AvgIpc) is 2.26. The van der Waals surface area contributed by atoms with Crippen LogP contribution in [0.25, 0.3) is 11.1 Å². The van der Waals surface area contributed by atoms with E-state index in [1.165, 1.54) is 18.2 Å². The predicted molar refractivity (Wildman–Crippen MR) is 57.9 cm³/mol. The Morgan fingerprint density at radius 1 is 1.00 bits per heavy atom. The standard InChI is InChI=1S/C12H9F2NO/c13-8-2-3-10(14)9(6-8)7-1-4-12(16)11(15)5-7/h1-6,16H,15H2. The van der Waals surface area contributed by atoms with Gasteiger partial charge < -0.3 is 10.8 Å². The molecule has 0 spiro atoms. The number of benzene rings is 2. The van der Waals surface area contributed by atoms with Crippen LogP contribution in [0.15, 0.2) is 36.4 Å². The van der Waals surface area contributed by atoms with Gasteiger partial charge in [0.2, 0.25) is 0 Å². The smallest absolute Gasteiger partial charge is 0.138 e. The van der Waals surface area contributed by atoms with Crippen molar-refractivity contribution < 1.29 is 13.9 Å². The SMILES string of the molecule is Nc1cc(-c2cc(F)ccc2F)ccc1O. The molecule has 0 aromatic heterocycles. The summed E-state index contributed by atoms with van der Waals surface area (Å²) < 4.78 is 26.4. The van der Waals surface area contributed by atoms with E-state index in [9.17, 15) is 13.9 Å². The molecule has 2 aromatic carbocycles. The minimum absolute atomic E-state index is 0.0828. The number of hydrogen-bond donors (Lipinski definition) is 2. The molecule has 3 N–H and O–H groups in total. The maximum atomic E-state index is 13.4. The van der Waals surface area contributed by atoms with Crippen LogP contribution in [0.4, 0.5) is 14.5 Å².